The first kappa shape index (κ1) is 9.80. The summed E-state index contributed by atoms with van der Waals surface area (Å²) in [6, 6.07) is -0.271. The van der Waals surface area contributed by atoms with Gasteiger partial charge in [-0.25, -0.2) is 4.79 Å². The third kappa shape index (κ3) is 3.75. The Morgan fingerprint density at radius 3 is 3.00 bits per heavy atom. The van der Waals surface area contributed by atoms with E-state index in [1.54, 1.807) is 0 Å². The molecule has 0 saturated heterocycles. The van der Waals surface area contributed by atoms with Crippen LogP contribution < -0.4 is 10.6 Å². The fourth-order valence-corrected chi connectivity index (χ4v) is 1.05. The lowest BCUT2D eigenvalue weighted by atomic mass is 10.1. The average Bonchev–Trinajstić information content (AvgIpc) is 2.16. The Labute approximate surface area is 77.3 Å². The van der Waals surface area contributed by atoms with Gasteiger partial charge in [-0.1, -0.05) is 12.2 Å². The molecule has 0 bridgehead atoms. The number of aliphatic hydroxyl groups excluding tert-OH is 1. The van der Waals surface area contributed by atoms with E-state index in [0.29, 0.717) is 0 Å². The quantitative estimate of drug-likeness (QED) is 0.595. The van der Waals surface area contributed by atoms with Crippen LogP contribution in [0.1, 0.15) is 12.8 Å². The Morgan fingerprint density at radius 2 is 2.38 bits per heavy atom. The fraction of sp³-hybridized carbons (Fsp3) is 0.444. The first-order valence-electron chi connectivity index (χ1n) is 4.35. The molecule has 1 rings (SSSR count). The summed E-state index contributed by atoms with van der Waals surface area (Å²) in [5.74, 6) is 0. The second-order valence-corrected chi connectivity index (χ2v) is 2.74. The predicted molar refractivity (Wildman–Crippen MR) is 50.1 cm³/mol. The topological polar surface area (TPSA) is 61.4 Å². The molecule has 4 heteroatoms. The Balaban J connectivity index is 2.27. The third-order valence-electron chi connectivity index (χ3n) is 1.65. The summed E-state index contributed by atoms with van der Waals surface area (Å²) in [5, 5.41) is 13.6. The number of urea groups is 1. The maximum atomic E-state index is 11.1. The minimum Gasteiger partial charge on any atom is -0.395 e. The van der Waals surface area contributed by atoms with Crippen LogP contribution in [0.15, 0.2) is 23.9 Å². The second-order valence-electron chi connectivity index (χ2n) is 2.74. The number of hydrogen-bond acceptors (Lipinski definition) is 2. The molecular weight excluding hydrogens is 168 g/mol. The fourth-order valence-electron chi connectivity index (χ4n) is 1.05. The highest BCUT2D eigenvalue weighted by Gasteiger charge is 2.01. The van der Waals surface area contributed by atoms with E-state index >= 15 is 0 Å². The molecule has 0 spiro atoms. The van der Waals surface area contributed by atoms with Gasteiger partial charge in [0, 0.05) is 12.2 Å². The molecule has 0 aromatic carbocycles. The lowest BCUT2D eigenvalue weighted by Crippen LogP contribution is -2.36. The number of nitrogens with one attached hydrogen (secondary N) is 2. The van der Waals surface area contributed by atoms with E-state index < -0.39 is 0 Å². The van der Waals surface area contributed by atoms with Crippen molar-refractivity contribution in [3.8, 4) is 0 Å². The molecule has 0 unspecified atom stereocenters. The molecule has 4 nitrogen and oxygen atoms in total. The van der Waals surface area contributed by atoms with E-state index in [-0.39, 0.29) is 19.2 Å². The highest BCUT2D eigenvalue weighted by molar-refractivity contribution is 5.76. The Kier molecular flexibility index (Phi) is 4.05. The standard InChI is InChI=1S/C9H14N2O2/c12-7-6-10-9(13)11-8-4-2-1-3-5-8/h2,4-5,12H,1,3,6-7H2,(H2,10,11,13). The van der Waals surface area contributed by atoms with Crippen LogP contribution in [0.2, 0.25) is 0 Å². The lowest BCUT2D eigenvalue weighted by molar-refractivity contribution is 0.236. The Morgan fingerprint density at radius 1 is 1.54 bits per heavy atom. The van der Waals surface area contributed by atoms with E-state index in [0.717, 1.165) is 18.5 Å². The summed E-state index contributed by atoms with van der Waals surface area (Å²) in [7, 11) is 0. The molecule has 0 saturated carbocycles. The van der Waals surface area contributed by atoms with Gasteiger partial charge < -0.3 is 15.7 Å². The summed E-state index contributed by atoms with van der Waals surface area (Å²) in [5.41, 5.74) is 0.821. The van der Waals surface area contributed by atoms with Crippen LogP contribution in [0.3, 0.4) is 0 Å². The maximum Gasteiger partial charge on any atom is 0.319 e. The van der Waals surface area contributed by atoms with Crippen LogP contribution in [0.5, 0.6) is 0 Å². The van der Waals surface area contributed by atoms with Gasteiger partial charge in [0.25, 0.3) is 0 Å². The number of amides is 2. The van der Waals surface area contributed by atoms with Gasteiger partial charge in [0.15, 0.2) is 0 Å². The number of allylic oxidation sites excluding steroid dienone is 3. The van der Waals surface area contributed by atoms with Crippen LogP contribution in [0.25, 0.3) is 0 Å². The first-order chi connectivity index (χ1) is 6.33. The zero-order valence-corrected chi connectivity index (χ0v) is 7.42. The Hall–Kier alpha value is -1.29. The highest BCUT2D eigenvalue weighted by Crippen LogP contribution is 2.05. The van der Waals surface area contributed by atoms with Crippen LogP contribution in [-0.2, 0) is 0 Å². The molecule has 13 heavy (non-hydrogen) atoms. The van der Waals surface area contributed by atoms with Gasteiger partial charge in [-0.2, -0.15) is 0 Å². The molecule has 0 atom stereocenters. The molecule has 0 aromatic heterocycles. The van der Waals surface area contributed by atoms with Crippen molar-refractivity contribution >= 4 is 6.03 Å². The minimum atomic E-state index is -0.271. The van der Waals surface area contributed by atoms with Crippen molar-refractivity contribution in [1.82, 2.24) is 10.6 Å². The molecule has 2 amide bonds. The van der Waals surface area contributed by atoms with Crippen molar-refractivity contribution in [3.05, 3.63) is 23.9 Å². The van der Waals surface area contributed by atoms with Crippen molar-refractivity contribution in [2.45, 2.75) is 12.8 Å². The largest absolute Gasteiger partial charge is 0.395 e. The van der Waals surface area contributed by atoms with E-state index in [1.807, 2.05) is 18.2 Å². The van der Waals surface area contributed by atoms with Crippen molar-refractivity contribution in [3.63, 3.8) is 0 Å². The molecule has 72 valence electrons. The van der Waals surface area contributed by atoms with E-state index in [4.69, 9.17) is 5.11 Å². The summed E-state index contributed by atoms with van der Waals surface area (Å²) in [6.07, 6.45) is 7.86. The average molecular weight is 182 g/mol. The van der Waals surface area contributed by atoms with Gasteiger partial charge in [0.1, 0.15) is 0 Å². The molecule has 0 aromatic rings. The smallest absolute Gasteiger partial charge is 0.319 e. The zero-order chi connectivity index (χ0) is 9.52. The summed E-state index contributed by atoms with van der Waals surface area (Å²) < 4.78 is 0. The minimum absolute atomic E-state index is 0.0394. The number of rotatable bonds is 3. The maximum absolute atomic E-state index is 11.1. The second kappa shape index (κ2) is 5.37. The normalized spacial score (nSPS) is 15.0. The number of aliphatic hydroxyl groups is 1. The lowest BCUT2D eigenvalue weighted by Gasteiger charge is -2.09. The molecule has 0 aliphatic heterocycles. The number of hydrogen-bond donors (Lipinski definition) is 3. The van der Waals surface area contributed by atoms with Gasteiger partial charge in [-0.15, -0.1) is 0 Å². The van der Waals surface area contributed by atoms with Crippen LogP contribution in [0.4, 0.5) is 4.79 Å². The predicted octanol–water partition coefficient (Wildman–Crippen LogP) is 0.512. The van der Waals surface area contributed by atoms with Crippen LogP contribution in [0, 0.1) is 0 Å². The first-order valence-corrected chi connectivity index (χ1v) is 4.35. The van der Waals surface area contributed by atoms with E-state index in [1.165, 1.54) is 0 Å². The SMILES string of the molecule is O=C(NCCO)NC1=CCCC=C1. The number of carbonyl (C=O) groups excluding carboxylic acids is 1. The third-order valence-corrected chi connectivity index (χ3v) is 1.65. The zero-order valence-electron chi connectivity index (χ0n) is 7.42. The molecule has 3 N–H and O–H groups in total. The molecule has 0 fully saturated rings. The van der Waals surface area contributed by atoms with Gasteiger partial charge in [-0.05, 0) is 18.9 Å². The van der Waals surface area contributed by atoms with Crippen molar-refractivity contribution in [2.24, 2.45) is 0 Å². The van der Waals surface area contributed by atoms with E-state index in [2.05, 4.69) is 10.6 Å². The molecule has 0 heterocycles. The van der Waals surface area contributed by atoms with Crippen molar-refractivity contribution in [2.75, 3.05) is 13.2 Å². The molecule has 0 radical (unpaired) electrons. The Bertz CT molecular complexity index is 234. The molecular formula is C9H14N2O2. The summed E-state index contributed by atoms with van der Waals surface area (Å²) in [4.78, 5) is 11.1. The van der Waals surface area contributed by atoms with Crippen LogP contribution >= 0.6 is 0 Å². The number of carbonyl (C=O) groups is 1. The van der Waals surface area contributed by atoms with E-state index in [9.17, 15) is 4.79 Å². The molecule has 1 aliphatic rings. The summed E-state index contributed by atoms with van der Waals surface area (Å²) in [6.45, 7) is 0.241. The van der Waals surface area contributed by atoms with Gasteiger partial charge in [0.2, 0.25) is 0 Å². The van der Waals surface area contributed by atoms with Crippen molar-refractivity contribution in [1.29, 1.82) is 0 Å². The van der Waals surface area contributed by atoms with Crippen molar-refractivity contribution < 1.29 is 9.90 Å². The highest BCUT2D eigenvalue weighted by atomic mass is 16.3. The van der Waals surface area contributed by atoms with Gasteiger partial charge >= 0.3 is 6.03 Å². The van der Waals surface area contributed by atoms with Crippen LogP contribution in [-0.4, -0.2) is 24.3 Å². The van der Waals surface area contributed by atoms with Gasteiger partial charge in [0.05, 0.1) is 6.61 Å². The van der Waals surface area contributed by atoms with Gasteiger partial charge in [-0.3, -0.25) is 0 Å². The monoisotopic (exact) mass is 182 g/mol. The summed E-state index contributed by atoms with van der Waals surface area (Å²) >= 11 is 0. The molecule has 1 aliphatic carbocycles.